The second kappa shape index (κ2) is 8.62. The second-order valence-electron chi connectivity index (χ2n) is 6.99. The summed E-state index contributed by atoms with van der Waals surface area (Å²) in [5.41, 5.74) is 3.57. The van der Waals surface area contributed by atoms with Gasteiger partial charge in [-0.1, -0.05) is 44.2 Å². The molecule has 0 aliphatic carbocycles. The number of H-pyrrole nitrogens is 1. The Balaban J connectivity index is 1.43. The number of carbonyl (C=O) groups excluding carboxylic acids is 1. The Morgan fingerprint density at radius 1 is 1.07 bits per heavy atom. The molecule has 3 rings (SSSR count). The molecule has 0 fully saturated rings. The van der Waals surface area contributed by atoms with Crippen LogP contribution in [0.25, 0.3) is 10.9 Å². The number of hydrogen-bond donors (Lipinski definition) is 3. The first kappa shape index (κ1) is 18.8. The van der Waals surface area contributed by atoms with E-state index in [1.165, 1.54) is 16.5 Å². The van der Waals surface area contributed by atoms with E-state index in [1.807, 2.05) is 55.6 Å². The lowest BCUT2D eigenvalue weighted by Gasteiger charge is -2.17. The van der Waals surface area contributed by atoms with Gasteiger partial charge < -0.3 is 20.4 Å². The van der Waals surface area contributed by atoms with E-state index in [0.717, 1.165) is 17.7 Å². The quantitative estimate of drug-likeness (QED) is 0.538. The van der Waals surface area contributed by atoms with E-state index in [9.17, 15) is 4.79 Å². The fourth-order valence-electron chi connectivity index (χ4n) is 3.05. The number of rotatable bonds is 7. The molecule has 1 unspecified atom stereocenters. The third kappa shape index (κ3) is 5.03. The van der Waals surface area contributed by atoms with E-state index < -0.39 is 6.23 Å². The van der Waals surface area contributed by atoms with Gasteiger partial charge in [-0.2, -0.15) is 0 Å². The van der Waals surface area contributed by atoms with Gasteiger partial charge in [0.25, 0.3) is 0 Å². The van der Waals surface area contributed by atoms with Crippen LogP contribution in [0.15, 0.2) is 54.7 Å². The summed E-state index contributed by atoms with van der Waals surface area (Å²) in [4.78, 5) is 15.3. The summed E-state index contributed by atoms with van der Waals surface area (Å²) in [6.07, 6.45) is 2.35. The number of hydrogen-bond acceptors (Lipinski definition) is 2. The SMILES string of the molecule is CC(NC(=O)NCCc1c[nH]c2ccccc12)Oc1ccc(C(C)C)cc1. The fraction of sp³-hybridized carbons (Fsp3) is 0.318. The number of ether oxygens (including phenoxy) is 1. The van der Waals surface area contributed by atoms with Crippen molar-refractivity contribution in [2.24, 2.45) is 0 Å². The van der Waals surface area contributed by atoms with Gasteiger partial charge in [0, 0.05) is 23.6 Å². The van der Waals surface area contributed by atoms with Crippen molar-refractivity contribution in [3.63, 3.8) is 0 Å². The predicted octanol–water partition coefficient (Wildman–Crippen LogP) is 4.56. The van der Waals surface area contributed by atoms with E-state index in [1.54, 1.807) is 0 Å². The number of para-hydroxylation sites is 1. The molecule has 0 spiro atoms. The molecule has 27 heavy (non-hydrogen) atoms. The zero-order chi connectivity index (χ0) is 19.2. The van der Waals surface area contributed by atoms with Gasteiger partial charge in [-0.3, -0.25) is 0 Å². The van der Waals surface area contributed by atoms with Crippen molar-refractivity contribution in [2.75, 3.05) is 6.54 Å². The molecule has 142 valence electrons. The molecular weight excluding hydrogens is 338 g/mol. The summed E-state index contributed by atoms with van der Waals surface area (Å²) in [6, 6.07) is 15.9. The summed E-state index contributed by atoms with van der Waals surface area (Å²) in [5, 5.41) is 6.88. The molecule has 0 aliphatic rings. The molecule has 3 N–H and O–H groups in total. The Kier molecular flexibility index (Phi) is 6.01. The van der Waals surface area contributed by atoms with Gasteiger partial charge in [0.1, 0.15) is 5.75 Å². The summed E-state index contributed by atoms with van der Waals surface area (Å²) < 4.78 is 5.75. The molecule has 1 atom stereocenters. The molecular formula is C22H27N3O2. The van der Waals surface area contributed by atoms with Crippen molar-refractivity contribution >= 4 is 16.9 Å². The predicted molar refractivity (Wildman–Crippen MR) is 109 cm³/mol. The molecule has 5 heteroatoms. The molecule has 1 aromatic heterocycles. The number of aromatic amines is 1. The van der Waals surface area contributed by atoms with E-state index >= 15 is 0 Å². The largest absolute Gasteiger partial charge is 0.471 e. The van der Waals surface area contributed by atoms with Crippen molar-refractivity contribution in [3.8, 4) is 5.75 Å². The molecule has 0 aliphatic heterocycles. The third-order valence-corrected chi connectivity index (χ3v) is 4.55. The molecule has 3 aromatic rings. The average molecular weight is 365 g/mol. The number of fused-ring (bicyclic) bond motifs is 1. The van der Waals surface area contributed by atoms with Gasteiger partial charge in [-0.25, -0.2) is 4.79 Å². The maximum atomic E-state index is 12.1. The van der Waals surface area contributed by atoms with Crippen LogP contribution in [-0.2, 0) is 6.42 Å². The van der Waals surface area contributed by atoms with E-state index in [2.05, 4.69) is 35.5 Å². The molecule has 0 radical (unpaired) electrons. The smallest absolute Gasteiger partial charge is 0.317 e. The number of carbonyl (C=O) groups is 1. The Hall–Kier alpha value is -2.95. The minimum absolute atomic E-state index is 0.235. The number of nitrogens with one attached hydrogen (secondary N) is 3. The van der Waals surface area contributed by atoms with Crippen molar-refractivity contribution in [1.29, 1.82) is 0 Å². The van der Waals surface area contributed by atoms with Gasteiger partial charge in [0.05, 0.1) is 0 Å². The lowest BCUT2D eigenvalue weighted by molar-refractivity contribution is 0.177. The Bertz CT molecular complexity index is 884. The van der Waals surface area contributed by atoms with Crippen molar-refractivity contribution in [3.05, 3.63) is 65.9 Å². The lowest BCUT2D eigenvalue weighted by atomic mass is 10.0. The maximum absolute atomic E-state index is 12.1. The summed E-state index contributed by atoms with van der Waals surface area (Å²) in [6.45, 7) is 6.68. The highest BCUT2D eigenvalue weighted by Gasteiger charge is 2.09. The van der Waals surface area contributed by atoms with Crippen LogP contribution < -0.4 is 15.4 Å². The third-order valence-electron chi connectivity index (χ3n) is 4.55. The second-order valence-corrected chi connectivity index (χ2v) is 6.99. The summed E-state index contributed by atoms with van der Waals surface area (Å²) in [5.74, 6) is 1.23. The summed E-state index contributed by atoms with van der Waals surface area (Å²) >= 11 is 0. The molecule has 0 saturated heterocycles. The zero-order valence-electron chi connectivity index (χ0n) is 16.1. The summed E-state index contributed by atoms with van der Waals surface area (Å²) in [7, 11) is 0. The van der Waals surface area contributed by atoms with Gasteiger partial charge in [-0.05, 0) is 48.6 Å². The minimum atomic E-state index is -0.414. The van der Waals surface area contributed by atoms with Crippen LogP contribution in [0.5, 0.6) is 5.75 Å². The first-order valence-electron chi connectivity index (χ1n) is 9.39. The highest BCUT2D eigenvalue weighted by Crippen LogP contribution is 2.19. The first-order chi connectivity index (χ1) is 13.0. The first-order valence-corrected chi connectivity index (χ1v) is 9.39. The maximum Gasteiger partial charge on any atom is 0.317 e. The van der Waals surface area contributed by atoms with E-state index in [-0.39, 0.29) is 6.03 Å². The van der Waals surface area contributed by atoms with Crippen molar-refractivity contribution < 1.29 is 9.53 Å². The Morgan fingerprint density at radius 2 is 1.81 bits per heavy atom. The average Bonchev–Trinajstić information content (AvgIpc) is 3.05. The van der Waals surface area contributed by atoms with Crippen LogP contribution in [0.1, 0.15) is 37.8 Å². The standard InChI is InChI=1S/C22H27N3O2/c1-15(2)17-8-10-19(11-9-17)27-16(3)25-22(26)23-13-12-18-14-24-21-7-5-4-6-20(18)21/h4-11,14-16,24H,12-13H2,1-3H3,(H2,23,25,26). The number of aromatic nitrogens is 1. The molecule has 2 amide bonds. The van der Waals surface area contributed by atoms with E-state index in [0.29, 0.717) is 12.5 Å². The van der Waals surface area contributed by atoms with Crippen LogP contribution in [0, 0.1) is 0 Å². The normalized spacial score (nSPS) is 12.1. The monoisotopic (exact) mass is 365 g/mol. The number of amides is 2. The number of benzene rings is 2. The van der Waals surface area contributed by atoms with Crippen molar-refractivity contribution in [1.82, 2.24) is 15.6 Å². The topological polar surface area (TPSA) is 66.2 Å². The lowest BCUT2D eigenvalue weighted by Crippen LogP contribution is -2.43. The van der Waals surface area contributed by atoms with Crippen LogP contribution >= 0.6 is 0 Å². The molecule has 0 saturated carbocycles. The van der Waals surface area contributed by atoms with Crippen LogP contribution in [0.2, 0.25) is 0 Å². The van der Waals surface area contributed by atoms with Crippen LogP contribution in [0.3, 0.4) is 0 Å². The molecule has 1 heterocycles. The van der Waals surface area contributed by atoms with Crippen LogP contribution in [0.4, 0.5) is 4.79 Å². The number of urea groups is 1. The van der Waals surface area contributed by atoms with Gasteiger partial charge in [0.15, 0.2) is 6.23 Å². The van der Waals surface area contributed by atoms with Gasteiger partial charge >= 0.3 is 6.03 Å². The zero-order valence-corrected chi connectivity index (χ0v) is 16.1. The van der Waals surface area contributed by atoms with Gasteiger partial charge in [0.2, 0.25) is 0 Å². The fourth-order valence-corrected chi connectivity index (χ4v) is 3.05. The highest BCUT2D eigenvalue weighted by molar-refractivity contribution is 5.83. The highest BCUT2D eigenvalue weighted by atomic mass is 16.5. The van der Waals surface area contributed by atoms with E-state index in [4.69, 9.17) is 4.74 Å². The minimum Gasteiger partial charge on any atom is -0.471 e. The molecule has 2 aromatic carbocycles. The van der Waals surface area contributed by atoms with Crippen molar-refractivity contribution in [2.45, 2.75) is 39.3 Å². The molecule has 0 bridgehead atoms. The van der Waals surface area contributed by atoms with Crippen LogP contribution in [-0.4, -0.2) is 23.8 Å². The Morgan fingerprint density at radius 3 is 2.56 bits per heavy atom. The van der Waals surface area contributed by atoms with Gasteiger partial charge in [-0.15, -0.1) is 0 Å². The Labute approximate surface area is 160 Å². The molecule has 5 nitrogen and oxygen atoms in total.